The molecule has 1 aromatic carbocycles. The summed E-state index contributed by atoms with van der Waals surface area (Å²) < 4.78 is 2.23. The molecule has 0 unspecified atom stereocenters. The third-order valence-corrected chi connectivity index (χ3v) is 4.81. The first-order valence-corrected chi connectivity index (χ1v) is 8.66. The molecule has 1 amide bonds. The Morgan fingerprint density at radius 1 is 1.30 bits per heavy atom. The molecule has 1 fully saturated rings. The Morgan fingerprint density at radius 2 is 2.00 bits per heavy atom. The van der Waals surface area contributed by atoms with Crippen LogP contribution < -0.4 is 5.56 Å². The molecular formula is C17H20BrN3O2. The first-order chi connectivity index (χ1) is 10.9. The molecule has 0 radical (unpaired) electrons. The van der Waals surface area contributed by atoms with Crippen molar-refractivity contribution in [2.75, 3.05) is 13.1 Å². The van der Waals surface area contributed by atoms with Gasteiger partial charge in [0.05, 0.1) is 17.2 Å². The molecule has 1 aliphatic rings. The summed E-state index contributed by atoms with van der Waals surface area (Å²) in [4.78, 5) is 31.3. The van der Waals surface area contributed by atoms with Crippen molar-refractivity contribution < 1.29 is 4.79 Å². The number of nitrogens with zero attached hydrogens (tertiary/aromatic N) is 3. The lowest BCUT2D eigenvalue weighted by Gasteiger charge is -2.35. The number of hydrogen-bond acceptors (Lipinski definition) is 3. The summed E-state index contributed by atoms with van der Waals surface area (Å²) in [6, 6.07) is 5.39. The fourth-order valence-electron chi connectivity index (χ4n) is 3.36. The zero-order chi connectivity index (χ0) is 16.6. The molecule has 122 valence electrons. The predicted octanol–water partition coefficient (Wildman–Crippen LogP) is 2.66. The lowest BCUT2D eigenvalue weighted by atomic mass is 9.92. The molecule has 0 aliphatic carbocycles. The lowest BCUT2D eigenvalue weighted by molar-refractivity contribution is -0.134. The number of benzene rings is 1. The Hall–Kier alpha value is -1.69. The first-order valence-electron chi connectivity index (χ1n) is 7.86. The smallest absolute Gasteiger partial charge is 0.261 e. The molecule has 0 spiro atoms. The maximum atomic E-state index is 12.6. The van der Waals surface area contributed by atoms with Crippen LogP contribution in [0.3, 0.4) is 0 Å². The molecule has 1 saturated heterocycles. The third-order valence-electron chi connectivity index (χ3n) is 4.31. The number of amides is 1. The summed E-state index contributed by atoms with van der Waals surface area (Å²) in [5.74, 6) is 0.997. The summed E-state index contributed by atoms with van der Waals surface area (Å²) in [6.45, 7) is 5.91. The summed E-state index contributed by atoms with van der Waals surface area (Å²) in [5.41, 5.74) is 0.463. The Bertz CT molecular complexity index is 792. The number of carbonyl (C=O) groups is 1. The van der Waals surface area contributed by atoms with Gasteiger partial charge in [-0.1, -0.05) is 29.8 Å². The number of carbonyl (C=O) groups excluding carboxylic acids is 1. The molecule has 0 bridgehead atoms. The van der Waals surface area contributed by atoms with E-state index in [0.717, 1.165) is 24.0 Å². The molecule has 0 saturated carbocycles. The van der Waals surface area contributed by atoms with Crippen LogP contribution in [-0.2, 0) is 11.3 Å². The van der Waals surface area contributed by atoms with Crippen LogP contribution in [0.15, 0.2) is 33.8 Å². The van der Waals surface area contributed by atoms with Crippen molar-refractivity contribution in [1.82, 2.24) is 14.5 Å². The molecular weight excluding hydrogens is 358 g/mol. The van der Waals surface area contributed by atoms with Crippen molar-refractivity contribution in [3.63, 3.8) is 0 Å². The van der Waals surface area contributed by atoms with Gasteiger partial charge in [-0.15, -0.1) is 0 Å². The molecule has 1 aliphatic heterocycles. The lowest BCUT2D eigenvalue weighted by Crippen LogP contribution is -2.44. The fourth-order valence-corrected chi connectivity index (χ4v) is 3.72. The van der Waals surface area contributed by atoms with Gasteiger partial charge in [-0.05, 0) is 36.5 Å². The molecule has 2 atom stereocenters. The van der Waals surface area contributed by atoms with Crippen LogP contribution in [0, 0.1) is 11.8 Å². The Labute approximate surface area is 143 Å². The minimum atomic E-state index is -0.178. The monoisotopic (exact) mass is 377 g/mol. The van der Waals surface area contributed by atoms with Crippen LogP contribution >= 0.6 is 15.9 Å². The topological polar surface area (TPSA) is 55.2 Å². The average Bonchev–Trinajstić information content (AvgIpc) is 2.49. The van der Waals surface area contributed by atoms with Crippen LogP contribution in [0.25, 0.3) is 10.9 Å². The molecule has 0 N–H and O–H groups in total. The molecule has 2 heterocycles. The van der Waals surface area contributed by atoms with E-state index in [1.807, 2.05) is 11.0 Å². The van der Waals surface area contributed by atoms with Crippen LogP contribution in [0.1, 0.15) is 20.3 Å². The summed E-state index contributed by atoms with van der Waals surface area (Å²) in [6.07, 6.45) is 2.61. The van der Waals surface area contributed by atoms with Gasteiger partial charge in [-0.25, -0.2) is 4.98 Å². The van der Waals surface area contributed by atoms with Crippen LogP contribution in [0.2, 0.25) is 0 Å². The van der Waals surface area contributed by atoms with Crippen molar-refractivity contribution in [3.8, 4) is 0 Å². The normalized spacial score (nSPS) is 21.6. The van der Waals surface area contributed by atoms with Gasteiger partial charge in [0.1, 0.15) is 6.54 Å². The number of fused-ring (bicyclic) bond motifs is 1. The number of likely N-dealkylation sites (tertiary alicyclic amines) is 1. The zero-order valence-electron chi connectivity index (χ0n) is 13.3. The Balaban J connectivity index is 1.85. The molecule has 2 aromatic rings. The van der Waals surface area contributed by atoms with E-state index in [9.17, 15) is 9.59 Å². The van der Waals surface area contributed by atoms with E-state index in [1.54, 1.807) is 12.1 Å². The SMILES string of the molecule is C[C@@H]1C[C@@H](C)CN(C(=O)Cn2cnc3ccc(Br)cc3c2=O)C1. The fraction of sp³-hybridized carbons (Fsp3) is 0.471. The van der Waals surface area contributed by atoms with Crippen LogP contribution in [-0.4, -0.2) is 33.4 Å². The van der Waals surface area contributed by atoms with Crippen LogP contribution in [0.4, 0.5) is 0 Å². The summed E-state index contributed by atoms with van der Waals surface area (Å²) in [7, 11) is 0. The van der Waals surface area contributed by atoms with E-state index >= 15 is 0 Å². The molecule has 3 rings (SSSR count). The largest absolute Gasteiger partial charge is 0.341 e. The highest BCUT2D eigenvalue weighted by Gasteiger charge is 2.25. The zero-order valence-corrected chi connectivity index (χ0v) is 14.9. The van der Waals surface area contributed by atoms with Gasteiger partial charge in [0, 0.05) is 17.6 Å². The van der Waals surface area contributed by atoms with Crippen molar-refractivity contribution in [2.45, 2.75) is 26.8 Å². The number of aromatic nitrogens is 2. The molecule has 1 aromatic heterocycles. The molecule has 6 heteroatoms. The Kier molecular flexibility index (Phi) is 4.53. The van der Waals surface area contributed by atoms with Gasteiger partial charge in [-0.3, -0.25) is 14.2 Å². The van der Waals surface area contributed by atoms with E-state index in [-0.39, 0.29) is 18.0 Å². The minimum absolute atomic E-state index is 0.0124. The average molecular weight is 378 g/mol. The van der Waals surface area contributed by atoms with Crippen molar-refractivity contribution >= 4 is 32.7 Å². The van der Waals surface area contributed by atoms with E-state index in [0.29, 0.717) is 22.7 Å². The van der Waals surface area contributed by atoms with Crippen molar-refractivity contribution in [1.29, 1.82) is 0 Å². The summed E-state index contributed by atoms with van der Waals surface area (Å²) in [5, 5.41) is 0.523. The van der Waals surface area contributed by atoms with Gasteiger partial charge < -0.3 is 4.90 Å². The van der Waals surface area contributed by atoms with E-state index in [1.165, 1.54) is 10.9 Å². The minimum Gasteiger partial charge on any atom is -0.341 e. The number of piperidine rings is 1. The number of halogens is 1. The number of hydrogen-bond donors (Lipinski definition) is 0. The molecule has 23 heavy (non-hydrogen) atoms. The van der Waals surface area contributed by atoms with Crippen molar-refractivity contribution in [2.24, 2.45) is 11.8 Å². The van der Waals surface area contributed by atoms with Gasteiger partial charge in [0.15, 0.2) is 0 Å². The quantitative estimate of drug-likeness (QED) is 0.808. The highest BCUT2D eigenvalue weighted by molar-refractivity contribution is 9.10. The Morgan fingerprint density at radius 3 is 2.70 bits per heavy atom. The second-order valence-electron chi connectivity index (χ2n) is 6.58. The first kappa shape index (κ1) is 16.2. The van der Waals surface area contributed by atoms with E-state index < -0.39 is 0 Å². The third kappa shape index (κ3) is 3.47. The van der Waals surface area contributed by atoms with Gasteiger partial charge in [0.25, 0.3) is 5.56 Å². The highest BCUT2D eigenvalue weighted by atomic mass is 79.9. The van der Waals surface area contributed by atoms with Gasteiger partial charge >= 0.3 is 0 Å². The maximum absolute atomic E-state index is 12.6. The van der Waals surface area contributed by atoms with E-state index in [2.05, 4.69) is 34.8 Å². The van der Waals surface area contributed by atoms with E-state index in [4.69, 9.17) is 0 Å². The highest BCUT2D eigenvalue weighted by Crippen LogP contribution is 2.21. The maximum Gasteiger partial charge on any atom is 0.261 e. The molecule has 5 nitrogen and oxygen atoms in total. The second-order valence-corrected chi connectivity index (χ2v) is 7.50. The predicted molar refractivity (Wildman–Crippen MR) is 93.2 cm³/mol. The summed E-state index contributed by atoms with van der Waals surface area (Å²) >= 11 is 3.37. The van der Waals surface area contributed by atoms with Crippen LogP contribution in [0.5, 0.6) is 0 Å². The number of rotatable bonds is 2. The van der Waals surface area contributed by atoms with Gasteiger partial charge in [-0.2, -0.15) is 0 Å². The van der Waals surface area contributed by atoms with Crippen molar-refractivity contribution in [3.05, 3.63) is 39.4 Å². The van der Waals surface area contributed by atoms with Gasteiger partial charge in [0.2, 0.25) is 5.91 Å². The standard InChI is InChI=1S/C17H20BrN3O2/c1-11-5-12(2)8-20(7-11)16(22)9-21-10-19-15-4-3-13(18)6-14(15)17(21)23/h3-4,6,10-12H,5,7-9H2,1-2H3/t11-,12-/m1/s1. The second kappa shape index (κ2) is 6.43.